The fraction of sp³-hybridized carbons (Fsp3) is 0.0870. The van der Waals surface area contributed by atoms with E-state index in [2.05, 4.69) is 4.98 Å². The van der Waals surface area contributed by atoms with E-state index in [0.29, 0.717) is 13.2 Å². The van der Waals surface area contributed by atoms with Crippen LogP contribution in [0, 0.1) is 0 Å². The Morgan fingerprint density at radius 3 is 2.00 bits per heavy atom. The van der Waals surface area contributed by atoms with Crippen LogP contribution in [-0.4, -0.2) is 4.98 Å². The van der Waals surface area contributed by atoms with Crippen molar-refractivity contribution in [3.63, 3.8) is 0 Å². The minimum Gasteiger partial charge on any atom is -0.485 e. The molecule has 128 valence electrons. The maximum atomic E-state index is 6.16. The van der Waals surface area contributed by atoms with Crippen LogP contribution in [0.3, 0.4) is 0 Å². The molecule has 0 aliphatic carbocycles. The monoisotopic (exact) mass is 341 g/mol. The molecule has 1 heterocycles. The highest BCUT2D eigenvalue weighted by molar-refractivity contribution is 5.89. The summed E-state index contributed by atoms with van der Waals surface area (Å²) in [5, 5.41) is 2.03. The van der Waals surface area contributed by atoms with Gasteiger partial charge in [-0.25, -0.2) is 0 Å². The molecular weight excluding hydrogens is 322 g/mol. The van der Waals surface area contributed by atoms with Gasteiger partial charge in [-0.1, -0.05) is 66.7 Å². The van der Waals surface area contributed by atoms with Crippen LogP contribution in [-0.2, 0) is 13.2 Å². The van der Waals surface area contributed by atoms with Gasteiger partial charge in [0.1, 0.15) is 13.2 Å². The van der Waals surface area contributed by atoms with Crippen LogP contribution in [0.15, 0.2) is 91.3 Å². The number of pyridine rings is 1. The molecule has 0 fully saturated rings. The summed E-state index contributed by atoms with van der Waals surface area (Å²) >= 11 is 0. The number of hydrogen-bond acceptors (Lipinski definition) is 3. The molecule has 0 aliphatic heterocycles. The first-order chi connectivity index (χ1) is 12.9. The number of nitrogens with zero attached hydrogens (tertiary/aromatic N) is 1. The number of fused-ring (bicyclic) bond motifs is 1. The molecule has 3 aromatic carbocycles. The van der Waals surface area contributed by atoms with Crippen LogP contribution < -0.4 is 9.47 Å². The van der Waals surface area contributed by atoms with E-state index < -0.39 is 0 Å². The lowest BCUT2D eigenvalue weighted by Crippen LogP contribution is -2.01. The van der Waals surface area contributed by atoms with Crippen molar-refractivity contribution >= 4 is 10.8 Å². The summed E-state index contributed by atoms with van der Waals surface area (Å²) in [7, 11) is 0. The van der Waals surface area contributed by atoms with Crippen LogP contribution >= 0.6 is 0 Å². The zero-order chi connectivity index (χ0) is 17.6. The fourth-order valence-electron chi connectivity index (χ4n) is 2.84. The first kappa shape index (κ1) is 16.2. The van der Waals surface area contributed by atoms with Crippen LogP contribution in [0.4, 0.5) is 0 Å². The molecule has 0 radical (unpaired) electrons. The first-order valence-electron chi connectivity index (χ1n) is 8.60. The van der Waals surface area contributed by atoms with Gasteiger partial charge in [0.2, 0.25) is 0 Å². The number of ether oxygens (including phenoxy) is 2. The molecule has 26 heavy (non-hydrogen) atoms. The van der Waals surface area contributed by atoms with E-state index in [9.17, 15) is 0 Å². The second-order valence-electron chi connectivity index (χ2n) is 6.04. The van der Waals surface area contributed by atoms with Crippen molar-refractivity contribution in [2.75, 3.05) is 0 Å². The lowest BCUT2D eigenvalue weighted by Gasteiger charge is -2.15. The van der Waals surface area contributed by atoms with Crippen molar-refractivity contribution in [2.45, 2.75) is 13.2 Å². The second-order valence-corrected chi connectivity index (χ2v) is 6.04. The van der Waals surface area contributed by atoms with Crippen LogP contribution in [0.1, 0.15) is 11.1 Å². The molecule has 0 spiro atoms. The number of hydrogen-bond donors (Lipinski definition) is 0. The standard InChI is InChI=1S/C23H19NO2/c1-3-7-18(8-4-1)16-25-22-12-11-20-13-14-24-15-21(20)23(22)26-17-19-9-5-2-6-10-19/h1-15H,16-17H2. The maximum absolute atomic E-state index is 6.16. The highest BCUT2D eigenvalue weighted by atomic mass is 16.5. The van der Waals surface area contributed by atoms with E-state index in [1.807, 2.05) is 85.1 Å². The molecule has 0 bridgehead atoms. The van der Waals surface area contributed by atoms with Gasteiger partial charge >= 0.3 is 0 Å². The Morgan fingerprint density at radius 2 is 1.31 bits per heavy atom. The van der Waals surface area contributed by atoms with E-state index in [4.69, 9.17) is 9.47 Å². The molecule has 3 heteroatoms. The Hall–Kier alpha value is -3.33. The van der Waals surface area contributed by atoms with Crippen LogP contribution in [0.25, 0.3) is 10.8 Å². The normalized spacial score (nSPS) is 10.6. The largest absolute Gasteiger partial charge is 0.485 e. The van der Waals surface area contributed by atoms with Crippen molar-refractivity contribution in [1.29, 1.82) is 0 Å². The lowest BCUT2D eigenvalue weighted by molar-refractivity contribution is 0.258. The summed E-state index contributed by atoms with van der Waals surface area (Å²) < 4.78 is 12.2. The van der Waals surface area contributed by atoms with E-state index in [1.54, 1.807) is 6.20 Å². The topological polar surface area (TPSA) is 31.4 Å². The molecule has 1 aromatic heterocycles. The third-order valence-electron chi connectivity index (χ3n) is 4.20. The molecule has 0 atom stereocenters. The first-order valence-corrected chi connectivity index (χ1v) is 8.60. The maximum Gasteiger partial charge on any atom is 0.171 e. The average molecular weight is 341 g/mol. The number of benzene rings is 3. The van der Waals surface area contributed by atoms with Crippen LogP contribution in [0.5, 0.6) is 11.5 Å². The van der Waals surface area contributed by atoms with Gasteiger partial charge in [0.25, 0.3) is 0 Å². The van der Waals surface area contributed by atoms with Gasteiger partial charge in [-0.05, 0) is 28.6 Å². The average Bonchev–Trinajstić information content (AvgIpc) is 2.72. The lowest BCUT2D eigenvalue weighted by atomic mass is 10.1. The molecule has 0 aliphatic rings. The Kier molecular flexibility index (Phi) is 4.79. The van der Waals surface area contributed by atoms with Gasteiger partial charge in [-0.15, -0.1) is 0 Å². The summed E-state index contributed by atoms with van der Waals surface area (Å²) in [6, 6.07) is 26.2. The molecule has 4 aromatic rings. The number of aromatic nitrogens is 1. The van der Waals surface area contributed by atoms with Gasteiger partial charge in [-0.3, -0.25) is 4.98 Å². The van der Waals surface area contributed by atoms with E-state index in [1.165, 1.54) is 0 Å². The van der Waals surface area contributed by atoms with E-state index in [0.717, 1.165) is 33.4 Å². The zero-order valence-corrected chi connectivity index (χ0v) is 14.3. The van der Waals surface area contributed by atoms with Crippen molar-refractivity contribution in [2.24, 2.45) is 0 Å². The molecule has 0 amide bonds. The van der Waals surface area contributed by atoms with Crippen molar-refractivity contribution in [1.82, 2.24) is 4.98 Å². The summed E-state index contributed by atoms with van der Waals surface area (Å²) in [6.45, 7) is 0.977. The summed E-state index contributed by atoms with van der Waals surface area (Å²) in [4.78, 5) is 4.25. The van der Waals surface area contributed by atoms with E-state index in [-0.39, 0.29) is 0 Å². The molecular formula is C23H19NO2. The Morgan fingerprint density at radius 1 is 0.654 bits per heavy atom. The quantitative estimate of drug-likeness (QED) is 0.471. The Balaban J connectivity index is 1.63. The molecule has 4 rings (SSSR count). The second kappa shape index (κ2) is 7.70. The third kappa shape index (κ3) is 3.67. The Bertz CT molecular complexity index is 985. The molecule has 0 unspecified atom stereocenters. The fourth-order valence-corrected chi connectivity index (χ4v) is 2.84. The molecule has 3 nitrogen and oxygen atoms in total. The zero-order valence-electron chi connectivity index (χ0n) is 14.3. The summed E-state index contributed by atoms with van der Waals surface area (Å²) in [5.74, 6) is 1.46. The van der Waals surface area contributed by atoms with E-state index >= 15 is 0 Å². The van der Waals surface area contributed by atoms with Crippen molar-refractivity contribution < 1.29 is 9.47 Å². The van der Waals surface area contributed by atoms with Crippen molar-refractivity contribution in [3.8, 4) is 11.5 Å². The molecule has 0 N–H and O–H groups in total. The smallest absolute Gasteiger partial charge is 0.171 e. The van der Waals surface area contributed by atoms with Gasteiger partial charge in [-0.2, -0.15) is 0 Å². The van der Waals surface area contributed by atoms with Gasteiger partial charge in [0, 0.05) is 17.8 Å². The summed E-state index contributed by atoms with van der Waals surface area (Å²) in [5.41, 5.74) is 2.23. The van der Waals surface area contributed by atoms with Crippen LogP contribution in [0.2, 0.25) is 0 Å². The minimum absolute atomic E-state index is 0.483. The predicted molar refractivity (Wildman–Crippen MR) is 103 cm³/mol. The highest BCUT2D eigenvalue weighted by Gasteiger charge is 2.11. The molecule has 0 saturated carbocycles. The SMILES string of the molecule is c1ccc(COc2ccc3ccncc3c2OCc2ccccc2)cc1. The van der Waals surface area contributed by atoms with Crippen molar-refractivity contribution in [3.05, 3.63) is 102 Å². The summed E-state index contributed by atoms with van der Waals surface area (Å²) in [6.07, 6.45) is 3.61. The number of rotatable bonds is 6. The highest BCUT2D eigenvalue weighted by Crippen LogP contribution is 2.36. The molecule has 0 saturated heterocycles. The van der Waals surface area contributed by atoms with Gasteiger partial charge < -0.3 is 9.47 Å². The predicted octanol–water partition coefficient (Wildman–Crippen LogP) is 5.39. The Labute approximate surface area is 152 Å². The third-order valence-corrected chi connectivity index (χ3v) is 4.20. The minimum atomic E-state index is 0.483. The van der Waals surface area contributed by atoms with Gasteiger partial charge in [0.05, 0.1) is 0 Å². The van der Waals surface area contributed by atoms with Gasteiger partial charge in [0.15, 0.2) is 11.5 Å².